The third-order valence-electron chi connectivity index (χ3n) is 8.37. The first kappa shape index (κ1) is 36.1. The second-order valence-electron chi connectivity index (χ2n) is 11.3. The van der Waals surface area contributed by atoms with E-state index in [0.717, 1.165) is 0 Å². The summed E-state index contributed by atoms with van der Waals surface area (Å²) >= 11 is 6.49. The number of carbonyl (C=O) groups excluding carboxylic acids is 3. The molecule has 0 radical (unpaired) electrons. The predicted octanol–water partition coefficient (Wildman–Crippen LogP) is 2.50. The van der Waals surface area contributed by atoms with Crippen molar-refractivity contribution in [2.45, 2.75) is 45.2 Å². The van der Waals surface area contributed by atoms with Crippen molar-refractivity contribution in [3.05, 3.63) is 28.8 Å². The van der Waals surface area contributed by atoms with Crippen LogP contribution in [-0.2, 0) is 14.3 Å². The Kier molecular flexibility index (Phi) is 13.9. The summed E-state index contributed by atoms with van der Waals surface area (Å²) in [5, 5.41) is 11.9. The number of nitrogens with zero attached hydrogens (tertiary/aromatic N) is 6. The number of carbonyl (C=O) groups is 3. The summed E-state index contributed by atoms with van der Waals surface area (Å²) in [5.74, 6) is -0.779. The highest BCUT2D eigenvalue weighted by Gasteiger charge is 2.32. The van der Waals surface area contributed by atoms with Crippen LogP contribution in [0.1, 0.15) is 37.0 Å². The zero-order chi connectivity index (χ0) is 33.1. The van der Waals surface area contributed by atoms with Crippen LogP contribution in [0, 0.1) is 5.92 Å². The van der Waals surface area contributed by atoms with E-state index >= 15 is 0 Å². The number of hydrogen-bond donors (Lipinski definition) is 2. The van der Waals surface area contributed by atoms with E-state index in [2.05, 4.69) is 27.4 Å². The van der Waals surface area contributed by atoms with Crippen molar-refractivity contribution < 1.29 is 27.9 Å². The van der Waals surface area contributed by atoms with Gasteiger partial charge >= 0.3 is 0 Å². The molecule has 3 amide bonds. The number of ether oxygens (including phenoxy) is 1. The maximum Gasteiger partial charge on any atom is 0.290 e. The third-order valence-corrected chi connectivity index (χ3v) is 8.68. The molecule has 2 saturated heterocycles. The van der Waals surface area contributed by atoms with E-state index < -0.39 is 12.3 Å². The minimum absolute atomic E-state index is 0.0195. The zero-order valence-electron chi connectivity index (χ0n) is 26.5. The van der Waals surface area contributed by atoms with Crippen LogP contribution >= 0.6 is 11.6 Å². The molecular weight excluding hydrogens is 610 g/mol. The molecule has 2 aliphatic rings. The van der Waals surface area contributed by atoms with Crippen LogP contribution in [0.5, 0.6) is 0 Å². The van der Waals surface area contributed by atoms with Gasteiger partial charge in [0.1, 0.15) is 0 Å². The highest BCUT2D eigenvalue weighted by atomic mass is 35.5. The lowest BCUT2D eigenvalue weighted by Crippen LogP contribution is -2.53. The molecule has 2 aliphatic heterocycles. The number of methoxy groups -OCH3 is 1. The summed E-state index contributed by atoms with van der Waals surface area (Å²) in [6, 6.07) is 4.36. The Labute approximate surface area is 268 Å². The number of amides is 3. The van der Waals surface area contributed by atoms with Crippen LogP contribution in [-0.4, -0.2) is 142 Å². The Morgan fingerprint density at radius 2 is 1.76 bits per heavy atom. The number of hydrogen-bond acceptors (Lipinski definition) is 8. The monoisotopic (exact) mass is 654 g/mol. The van der Waals surface area contributed by atoms with Crippen molar-refractivity contribution in [1.82, 2.24) is 25.0 Å². The molecule has 0 saturated carbocycles. The number of amidine groups is 1. The topological polar surface area (TPSA) is 122 Å². The molecule has 12 nitrogen and oxygen atoms in total. The van der Waals surface area contributed by atoms with E-state index in [9.17, 15) is 23.2 Å². The molecule has 2 fully saturated rings. The van der Waals surface area contributed by atoms with Gasteiger partial charge in [-0.1, -0.05) is 11.6 Å². The maximum atomic E-state index is 13.3. The van der Waals surface area contributed by atoms with Gasteiger partial charge in [0, 0.05) is 64.7 Å². The molecule has 2 N–H and O–H groups in total. The third kappa shape index (κ3) is 10.1. The number of aliphatic imine (C=N–C) groups is 1. The van der Waals surface area contributed by atoms with Crippen LogP contribution in [0.4, 0.5) is 14.5 Å². The van der Waals surface area contributed by atoms with Gasteiger partial charge in [-0.15, -0.1) is 0 Å². The smallest absolute Gasteiger partial charge is 0.290 e. The summed E-state index contributed by atoms with van der Waals surface area (Å²) in [6.07, 6.45) is -1.26. The second-order valence-corrected chi connectivity index (χ2v) is 11.7. The number of piperidine rings is 1. The molecular formula is C30H45ClF2N8O4. The van der Waals surface area contributed by atoms with Crippen molar-refractivity contribution in [2.24, 2.45) is 16.0 Å². The van der Waals surface area contributed by atoms with E-state index in [1.165, 1.54) is 13.1 Å². The molecule has 15 heteroatoms. The number of rotatable bonds is 12. The standard InChI is InChI=1S/C30H45ClF2N8O4/c1-20(21(2)41(35-4)16-17-45-5)36-27(34-3)28(42)37-23-6-7-24(25(31)18-23)30(44)40-14-12-39(13-15-40)29(43)22-8-10-38(11-9-22)19-26(32)33/h6-7,18,20-22,26H,4,8-17,19H2,1-3,5H3,(H,34,36)(H,37,42). The quantitative estimate of drug-likeness (QED) is 0.202. The number of nitrogens with one attached hydrogen (secondary N) is 2. The molecule has 45 heavy (non-hydrogen) atoms. The first-order valence-electron chi connectivity index (χ1n) is 15.1. The van der Waals surface area contributed by atoms with Crippen molar-refractivity contribution >= 4 is 47.6 Å². The van der Waals surface area contributed by atoms with Crippen LogP contribution < -0.4 is 10.6 Å². The van der Waals surface area contributed by atoms with Gasteiger partial charge in [-0.05, 0) is 58.0 Å². The second kappa shape index (κ2) is 17.4. The Morgan fingerprint density at radius 1 is 1.11 bits per heavy atom. The normalized spacial score (nSPS) is 18.0. The number of likely N-dealkylation sites (tertiary alicyclic amines) is 1. The minimum atomic E-state index is -2.38. The summed E-state index contributed by atoms with van der Waals surface area (Å²) in [4.78, 5) is 48.5. The van der Waals surface area contributed by atoms with E-state index in [0.29, 0.717) is 76.5 Å². The van der Waals surface area contributed by atoms with Gasteiger partial charge in [-0.25, -0.2) is 8.78 Å². The van der Waals surface area contributed by atoms with Gasteiger partial charge in [-0.2, -0.15) is 5.10 Å². The molecule has 1 aromatic rings. The van der Waals surface area contributed by atoms with Gasteiger partial charge in [0.15, 0.2) is 5.84 Å². The number of halogens is 3. The van der Waals surface area contributed by atoms with Crippen molar-refractivity contribution in [3.63, 3.8) is 0 Å². The average molecular weight is 655 g/mol. The lowest BCUT2D eigenvalue weighted by Gasteiger charge is -2.38. The van der Waals surface area contributed by atoms with Gasteiger partial charge in [0.2, 0.25) is 5.91 Å². The number of benzene rings is 1. The van der Waals surface area contributed by atoms with Gasteiger partial charge < -0.3 is 25.2 Å². The Hall–Kier alpha value is -3.36. The lowest BCUT2D eigenvalue weighted by atomic mass is 9.95. The molecule has 2 heterocycles. The molecule has 2 atom stereocenters. The number of alkyl halides is 2. The van der Waals surface area contributed by atoms with E-state index in [1.54, 1.807) is 39.0 Å². The summed E-state index contributed by atoms with van der Waals surface area (Å²) in [7, 11) is 3.12. The molecule has 1 aromatic carbocycles. The van der Waals surface area contributed by atoms with Crippen molar-refractivity contribution in [3.8, 4) is 0 Å². The fraction of sp³-hybridized carbons (Fsp3) is 0.633. The average Bonchev–Trinajstić information content (AvgIpc) is 3.03. The predicted molar refractivity (Wildman–Crippen MR) is 171 cm³/mol. The van der Waals surface area contributed by atoms with Gasteiger partial charge in [0.05, 0.1) is 36.3 Å². The molecule has 250 valence electrons. The summed E-state index contributed by atoms with van der Waals surface area (Å²) in [5.41, 5.74) is 0.688. The fourth-order valence-electron chi connectivity index (χ4n) is 5.49. The minimum Gasteiger partial charge on any atom is -0.383 e. The first-order chi connectivity index (χ1) is 21.5. The highest BCUT2D eigenvalue weighted by molar-refractivity contribution is 6.42. The lowest BCUT2D eigenvalue weighted by molar-refractivity contribution is -0.138. The maximum absolute atomic E-state index is 13.3. The van der Waals surface area contributed by atoms with E-state index in [-0.39, 0.29) is 47.2 Å². The zero-order valence-corrected chi connectivity index (χ0v) is 27.2. The molecule has 0 aromatic heterocycles. The summed E-state index contributed by atoms with van der Waals surface area (Å²) in [6.45, 7) is 10.7. The van der Waals surface area contributed by atoms with Crippen LogP contribution in [0.15, 0.2) is 28.3 Å². The Bertz CT molecular complexity index is 1210. The molecule has 0 aliphatic carbocycles. The molecule has 0 spiro atoms. The molecule has 0 bridgehead atoms. The number of piperazine rings is 1. The van der Waals surface area contributed by atoms with Crippen LogP contribution in [0.2, 0.25) is 5.02 Å². The van der Waals surface area contributed by atoms with Gasteiger partial charge in [-0.3, -0.25) is 29.3 Å². The first-order valence-corrected chi connectivity index (χ1v) is 15.5. The van der Waals surface area contributed by atoms with Crippen LogP contribution in [0.25, 0.3) is 0 Å². The Balaban J connectivity index is 1.51. The van der Waals surface area contributed by atoms with Crippen LogP contribution in [0.3, 0.4) is 0 Å². The number of anilines is 1. The Morgan fingerprint density at radius 3 is 2.31 bits per heavy atom. The summed E-state index contributed by atoms with van der Waals surface area (Å²) < 4.78 is 30.4. The fourth-order valence-corrected chi connectivity index (χ4v) is 5.75. The SMILES string of the molecule is C=NN(CCOC)C(C)C(C)NC(=NC)C(=O)Nc1ccc(C(=O)N2CCN(C(=O)C3CCN(CC(F)F)CC3)CC2)c(Cl)c1. The highest BCUT2D eigenvalue weighted by Crippen LogP contribution is 2.25. The van der Waals surface area contributed by atoms with Gasteiger partial charge in [0.25, 0.3) is 18.2 Å². The van der Waals surface area contributed by atoms with Crippen molar-refractivity contribution in [2.75, 3.05) is 78.4 Å². The largest absolute Gasteiger partial charge is 0.383 e. The van der Waals surface area contributed by atoms with E-state index in [1.807, 2.05) is 13.8 Å². The molecule has 3 rings (SSSR count). The number of hydrazone groups is 1. The van der Waals surface area contributed by atoms with Crippen molar-refractivity contribution in [1.29, 1.82) is 0 Å². The molecule has 2 unspecified atom stereocenters. The van der Waals surface area contributed by atoms with E-state index in [4.69, 9.17) is 16.3 Å².